The first-order valence-electron chi connectivity index (χ1n) is 9.40. The predicted molar refractivity (Wildman–Crippen MR) is 109 cm³/mol. The summed E-state index contributed by atoms with van der Waals surface area (Å²) in [4.78, 5) is 19.7. The van der Waals surface area contributed by atoms with Gasteiger partial charge in [-0.25, -0.2) is 9.37 Å². The van der Waals surface area contributed by atoms with Gasteiger partial charge in [-0.1, -0.05) is 23.7 Å². The summed E-state index contributed by atoms with van der Waals surface area (Å²) in [6, 6.07) is 12.3. The van der Waals surface area contributed by atoms with Gasteiger partial charge in [-0.15, -0.1) is 0 Å². The summed E-state index contributed by atoms with van der Waals surface area (Å²) in [7, 11) is 2.02. The maximum Gasteiger partial charge on any atom is 0.228 e. The molecular weight excluding hydrogens is 379 g/mol. The van der Waals surface area contributed by atoms with Crippen LogP contribution in [-0.2, 0) is 18.4 Å². The molecule has 0 bridgehead atoms. The molecule has 1 aliphatic heterocycles. The number of fused-ring (bicyclic) bond motifs is 1. The molecule has 4 rings (SSSR count). The van der Waals surface area contributed by atoms with Gasteiger partial charge in [0.2, 0.25) is 5.91 Å². The minimum atomic E-state index is -0.494. The third kappa shape index (κ3) is 3.88. The third-order valence-corrected chi connectivity index (χ3v) is 5.60. The number of nitrogens with zero attached hydrogens (tertiary/aromatic N) is 3. The van der Waals surface area contributed by atoms with Gasteiger partial charge in [0.1, 0.15) is 11.6 Å². The number of carbonyl (C=O) groups is 1. The van der Waals surface area contributed by atoms with Gasteiger partial charge in [0.05, 0.1) is 28.5 Å². The molecule has 1 atom stereocenters. The molecule has 5 nitrogen and oxygen atoms in total. The van der Waals surface area contributed by atoms with Crippen LogP contribution in [0.4, 0.5) is 10.1 Å². The number of carbonyl (C=O) groups excluding carboxylic acids is 1. The summed E-state index contributed by atoms with van der Waals surface area (Å²) in [6.45, 7) is 2.32. The molecule has 0 spiro atoms. The summed E-state index contributed by atoms with van der Waals surface area (Å²) in [5.74, 6) is 0.322. The van der Waals surface area contributed by atoms with E-state index >= 15 is 0 Å². The number of imidazole rings is 1. The highest BCUT2D eigenvalue weighted by Gasteiger charge is 2.27. The molecule has 0 unspecified atom stereocenters. The minimum absolute atomic E-state index is 0.00455. The molecule has 1 aliphatic rings. The van der Waals surface area contributed by atoms with E-state index in [9.17, 15) is 9.18 Å². The van der Waals surface area contributed by atoms with Gasteiger partial charge in [-0.3, -0.25) is 9.69 Å². The fourth-order valence-electron chi connectivity index (χ4n) is 3.77. The Morgan fingerprint density at radius 2 is 2.14 bits per heavy atom. The van der Waals surface area contributed by atoms with Gasteiger partial charge in [-0.2, -0.15) is 0 Å². The second kappa shape index (κ2) is 7.89. The maximum atomic E-state index is 13.3. The monoisotopic (exact) mass is 400 g/mol. The SMILES string of the molecule is Cn1c(CN2CCC[C@H](C(=O)Nc3ccc(F)c(Cl)c3)C2)nc2ccccc21. The lowest BCUT2D eigenvalue weighted by molar-refractivity contribution is -0.121. The van der Waals surface area contributed by atoms with Crippen molar-refractivity contribution in [3.05, 3.63) is 59.1 Å². The second-order valence-electron chi connectivity index (χ2n) is 7.27. The van der Waals surface area contributed by atoms with E-state index in [4.69, 9.17) is 16.6 Å². The first kappa shape index (κ1) is 18.9. The number of rotatable bonds is 4. The lowest BCUT2D eigenvalue weighted by Gasteiger charge is -2.31. The van der Waals surface area contributed by atoms with Crippen molar-refractivity contribution in [3.63, 3.8) is 0 Å². The van der Waals surface area contributed by atoms with Crippen LogP contribution in [0, 0.1) is 11.7 Å². The number of benzene rings is 2. The van der Waals surface area contributed by atoms with Gasteiger partial charge in [0.15, 0.2) is 0 Å². The normalized spacial score (nSPS) is 17.8. The van der Waals surface area contributed by atoms with Crippen LogP contribution in [0.2, 0.25) is 5.02 Å². The van der Waals surface area contributed by atoms with Crippen LogP contribution < -0.4 is 5.32 Å². The largest absolute Gasteiger partial charge is 0.330 e. The zero-order valence-electron chi connectivity index (χ0n) is 15.7. The van der Waals surface area contributed by atoms with Crippen molar-refractivity contribution in [1.29, 1.82) is 0 Å². The molecule has 0 radical (unpaired) electrons. The first-order chi connectivity index (χ1) is 13.5. The number of likely N-dealkylation sites (tertiary alicyclic amines) is 1. The Labute approximate surface area is 168 Å². The van der Waals surface area contributed by atoms with Crippen molar-refractivity contribution < 1.29 is 9.18 Å². The van der Waals surface area contributed by atoms with Crippen molar-refractivity contribution in [2.45, 2.75) is 19.4 Å². The lowest BCUT2D eigenvalue weighted by atomic mass is 9.97. The number of anilines is 1. The maximum absolute atomic E-state index is 13.3. The summed E-state index contributed by atoms with van der Waals surface area (Å²) >= 11 is 5.80. The van der Waals surface area contributed by atoms with Gasteiger partial charge in [-0.05, 0) is 49.7 Å². The molecular formula is C21H22ClFN4O. The van der Waals surface area contributed by atoms with E-state index in [1.807, 2.05) is 25.2 Å². The molecule has 7 heteroatoms. The van der Waals surface area contributed by atoms with Gasteiger partial charge < -0.3 is 9.88 Å². The highest BCUT2D eigenvalue weighted by atomic mass is 35.5. The Kier molecular flexibility index (Phi) is 5.33. The van der Waals surface area contributed by atoms with Crippen LogP contribution in [0.15, 0.2) is 42.5 Å². The zero-order valence-corrected chi connectivity index (χ0v) is 16.4. The van der Waals surface area contributed by atoms with E-state index in [-0.39, 0.29) is 16.8 Å². The van der Waals surface area contributed by atoms with Crippen molar-refractivity contribution in [2.24, 2.45) is 13.0 Å². The predicted octanol–water partition coefficient (Wildman–Crippen LogP) is 4.22. The number of halogens is 2. The topological polar surface area (TPSA) is 50.2 Å². The van der Waals surface area contributed by atoms with Crippen LogP contribution in [0.1, 0.15) is 18.7 Å². The Bertz CT molecular complexity index is 1020. The number of aryl methyl sites for hydroxylation is 1. The molecule has 1 amide bonds. The molecule has 28 heavy (non-hydrogen) atoms. The second-order valence-corrected chi connectivity index (χ2v) is 7.68. The number of piperidine rings is 1. The van der Waals surface area contributed by atoms with Crippen LogP contribution in [0.5, 0.6) is 0 Å². The Morgan fingerprint density at radius 3 is 2.93 bits per heavy atom. The molecule has 0 aliphatic carbocycles. The van der Waals surface area contributed by atoms with Crippen LogP contribution in [0.25, 0.3) is 11.0 Å². The quantitative estimate of drug-likeness (QED) is 0.713. The fourth-order valence-corrected chi connectivity index (χ4v) is 3.95. The summed E-state index contributed by atoms with van der Waals surface area (Å²) < 4.78 is 15.4. The molecule has 1 fully saturated rings. The molecule has 2 aromatic carbocycles. The Morgan fingerprint density at radius 1 is 1.32 bits per heavy atom. The van der Waals surface area contributed by atoms with Gasteiger partial charge >= 0.3 is 0 Å². The van der Waals surface area contributed by atoms with E-state index in [1.54, 1.807) is 0 Å². The summed E-state index contributed by atoms with van der Waals surface area (Å²) in [6.07, 6.45) is 1.78. The van der Waals surface area contributed by atoms with Gasteiger partial charge in [0.25, 0.3) is 0 Å². The van der Waals surface area contributed by atoms with E-state index in [2.05, 4.69) is 20.9 Å². The van der Waals surface area contributed by atoms with Crippen LogP contribution >= 0.6 is 11.6 Å². The number of amides is 1. The number of para-hydroxylation sites is 2. The molecule has 1 N–H and O–H groups in total. The molecule has 146 valence electrons. The van der Waals surface area contributed by atoms with Crippen molar-refractivity contribution in [1.82, 2.24) is 14.5 Å². The molecule has 0 saturated carbocycles. The van der Waals surface area contributed by atoms with E-state index in [0.717, 1.165) is 36.2 Å². The highest BCUT2D eigenvalue weighted by Crippen LogP contribution is 2.24. The van der Waals surface area contributed by atoms with E-state index in [1.165, 1.54) is 18.2 Å². The average Bonchev–Trinajstić information content (AvgIpc) is 3.01. The molecule has 1 saturated heterocycles. The van der Waals surface area contributed by atoms with Gasteiger partial charge in [0, 0.05) is 19.3 Å². The van der Waals surface area contributed by atoms with Crippen molar-refractivity contribution >= 4 is 34.2 Å². The molecule has 2 heterocycles. The number of aromatic nitrogens is 2. The van der Waals surface area contributed by atoms with E-state index < -0.39 is 5.82 Å². The summed E-state index contributed by atoms with van der Waals surface area (Å²) in [5.41, 5.74) is 2.61. The zero-order chi connectivity index (χ0) is 19.7. The lowest BCUT2D eigenvalue weighted by Crippen LogP contribution is -2.40. The number of hydrogen-bond donors (Lipinski definition) is 1. The van der Waals surface area contributed by atoms with Crippen molar-refractivity contribution in [2.75, 3.05) is 18.4 Å². The third-order valence-electron chi connectivity index (χ3n) is 5.31. The van der Waals surface area contributed by atoms with Crippen LogP contribution in [-0.4, -0.2) is 33.4 Å². The highest BCUT2D eigenvalue weighted by molar-refractivity contribution is 6.31. The first-order valence-corrected chi connectivity index (χ1v) is 9.77. The summed E-state index contributed by atoms with van der Waals surface area (Å²) in [5, 5.41) is 2.86. The Hall–Kier alpha value is -2.44. The number of nitrogens with one attached hydrogen (secondary N) is 1. The molecule has 1 aromatic heterocycles. The Balaban J connectivity index is 1.42. The number of hydrogen-bond acceptors (Lipinski definition) is 3. The average molecular weight is 401 g/mol. The minimum Gasteiger partial charge on any atom is -0.330 e. The van der Waals surface area contributed by atoms with Crippen molar-refractivity contribution in [3.8, 4) is 0 Å². The van der Waals surface area contributed by atoms with E-state index in [0.29, 0.717) is 18.8 Å². The smallest absolute Gasteiger partial charge is 0.228 e. The standard InChI is InChI=1S/C21H22ClFN4O/c1-26-19-7-3-2-6-18(19)25-20(26)13-27-10-4-5-14(12-27)21(28)24-15-8-9-17(23)16(22)11-15/h2-3,6-9,11,14H,4-5,10,12-13H2,1H3,(H,24,28)/t14-/m0/s1. The van der Waals surface area contributed by atoms with Crippen LogP contribution in [0.3, 0.4) is 0 Å². The molecule has 3 aromatic rings. The fraction of sp³-hybridized carbons (Fsp3) is 0.333.